The average molecular weight is 367 g/mol. The summed E-state index contributed by atoms with van der Waals surface area (Å²) in [5, 5.41) is 0. The van der Waals surface area contributed by atoms with Crippen molar-refractivity contribution in [2.45, 2.75) is 64.4 Å². The molecule has 4 saturated carbocycles. The van der Waals surface area contributed by atoms with Crippen molar-refractivity contribution >= 4 is 17.6 Å². The van der Waals surface area contributed by atoms with Crippen LogP contribution in [0, 0.1) is 23.2 Å². The van der Waals surface area contributed by atoms with Crippen molar-refractivity contribution in [3.8, 4) is 0 Å². The third-order valence-corrected chi connectivity index (χ3v) is 7.49. The molecule has 0 saturated heterocycles. The average Bonchev–Trinajstić information content (AvgIpc) is 3.03. The highest BCUT2D eigenvalue weighted by atomic mass is 16.5. The first kappa shape index (κ1) is 17.3. The molecule has 6 rings (SSSR count). The zero-order chi connectivity index (χ0) is 18.6. The summed E-state index contributed by atoms with van der Waals surface area (Å²) in [6.45, 7) is 2.40. The predicted molar refractivity (Wildman–Crippen MR) is 103 cm³/mol. The normalized spacial score (nSPS) is 34.4. The van der Waals surface area contributed by atoms with Crippen molar-refractivity contribution in [1.82, 2.24) is 0 Å². The van der Waals surface area contributed by atoms with Crippen LogP contribution in [0.4, 0.5) is 5.69 Å². The molecule has 0 N–H and O–H groups in total. The zero-order valence-electron chi connectivity index (χ0n) is 16.2. The molecule has 0 aromatic heterocycles. The molecule has 5 aliphatic rings. The summed E-state index contributed by atoms with van der Waals surface area (Å²) < 4.78 is 5.65. The van der Waals surface area contributed by atoms with Crippen LogP contribution in [-0.2, 0) is 20.7 Å². The van der Waals surface area contributed by atoms with Gasteiger partial charge in [0.25, 0.3) is 5.91 Å². The van der Waals surface area contributed by atoms with Gasteiger partial charge < -0.3 is 9.64 Å². The minimum Gasteiger partial charge on any atom is -0.453 e. The van der Waals surface area contributed by atoms with Crippen molar-refractivity contribution < 1.29 is 14.3 Å². The number of amides is 1. The van der Waals surface area contributed by atoms with Gasteiger partial charge in [-0.2, -0.15) is 0 Å². The first-order valence-corrected chi connectivity index (χ1v) is 10.6. The molecule has 1 heterocycles. The quantitative estimate of drug-likeness (QED) is 0.752. The second-order valence-electron chi connectivity index (χ2n) is 9.60. The molecule has 0 radical (unpaired) electrons. The fourth-order valence-electron chi connectivity index (χ4n) is 6.89. The van der Waals surface area contributed by atoms with Crippen LogP contribution in [0.15, 0.2) is 24.3 Å². The van der Waals surface area contributed by atoms with Gasteiger partial charge in [0.2, 0.25) is 0 Å². The van der Waals surface area contributed by atoms with Crippen LogP contribution in [-0.4, -0.2) is 24.5 Å². The fraction of sp³-hybridized carbons (Fsp3) is 0.652. The number of para-hydroxylation sites is 1. The van der Waals surface area contributed by atoms with Gasteiger partial charge in [-0.05, 0) is 86.7 Å². The van der Waals surface area contributed by atoms with Crippen molar-refractivity contribution in [3.63, 3.8) is 0 Å². The predicted octanol–water partition coefficient (Wildman–Crippen LogP) is 4.11. The van der Waals surface area contributed by atoms with Gasteiger partial charge in [0.15, 0.2) is 6.10 Å². The maximum absolute atomic E-state index is 12.9. The number of anilines is 1. The third-order valence-electron chi connectivity index (χ3n) is 7.49. The number of carbonyl (C=O) groups excluding carboxylic acids is 2. The summed E-state index contributed by atoms with van der Waals surface area (Å²) in [7, 11) is 0. The number of benzene rings is 1. The first-order valence-electron chi connectivity index (χ1n) is 10.6. The molecule has 144 valence electrons. The lowest BCUT2D eigenvalue weighted by Crippen LogP contribution is -2.47. The van der Waals surface area contributed by atoms with Gasteiger partial charge in [-0.1, -0.05) is 18.2 Å². The summed E-state index contributed by atoms with van der Waals surface area (Å²) in [4.78, 5) is 27.3. The molecule has 4 aliphatic carbocycles. The molecular formula is C23H29NO3. The lowest BCUT2D eigenvalue weighted by molar-refractivity contribution is -0.160. The zero-order valence-corrected chi connectivity index (χ0v) is 16.2. The van der Waals surface area contributed by atoms with E-state index in [0.717, 1.165) is 29.9 Å². The highest BCUT2D eigenvalue weighted by Crippen LogP contribution is 2.61. The Hall–Kier alpha value is -1.84. The maximum Gasteiger partial charge on any atom is 0.307 e. The topological polar surface area (TPSA) is 46.6 Å². The Bertz CT molecular complexity index is 735. The molecule has 4 heteroatoms. The first-order chi connectivity index (χ1) is 13.0. The smallest absolute Gasteiger partial charge is 0.307 e. The van der Waals surface area contributed by atoms with E-state index in [0.29, 0.717) is 13.0 Å². The molecule has 1 aromatic carbocycles. The Kier molecular flexibility index (Phi) is 4.06. The number of hydrogen-bond acceptors (Lipinski definition) is 3. The molecule has 1 aromatic rings. The van der Waals surface area contributed by atoms with Crippen LogP contribution < -0.4 is 4.90 Å². The molecule has 1 amide bonds. The van der Waals surface area contributed by atoms with Crippen LogP contribution in [0.1, 0.15) is 57.4 Å². The lowest BCUT2D eigenvalue weighted by Gasteiger charge is -2.56. The Morgan fingerprint density at radius 1 is 1.11 bits per heavy atom. The number of esters is 1. The van der Waals surface area contributed by atoms with Crippen LogP contribution in [0.5, 0.6) is 0 Å². The number of carbonyl (C=O) groups is 2. The van der Waals surface area contributed by atoms with Gasteiger partial charge >= 0.3 is 5.97 Å². The van der Waals surface area contributed by atoms with E-state index >= 15 is 0 Å². The number of nitrogens with zero attached hydrogens (tertiary/aromatic N) is 1. The van der Waals surface area contributed by atoms with Crippen molar-refractivity contribution in [2.24, 2.45) is 23.2 Å². The maximum atomic E-state index is 12.9. The van der Waals surface area contributed by atoms with Crippen molar-refractivity contribution in [3.05, 3.63) is 29.8 Å². The Morgan fingerprint density at radius 3 is 2.41 bits per heavy atom. The van der Waals surface area contributed by atoms with E-state index in [2.05, 4.69) is 6.07 Å². The minimum atomic E-state index is -0.711. The molecule has 4 nitrogen and oxygen atoms in total. The van der Waals surface area contributed by atoms with Gasteiger partial charge in [-0.3, -0.25) is 9.59 Å². The minimum absolute atomic E-state index is 0.0983. The molecule has 1 atom stereocenters. The van der Waals surface area contributed by atoms with Crippen LogP contribution in [0.25, 0.3) is 0 Å². The Balaban J connectivity index is 1.22. The van der Waals surface area contributed by atoms with E-state index < -0.39 is 6.10 Å². The summed E-state index contributed by atoms with van der Waals surface area (Å²) in [6.07, 6.45) is 8.35. The highest BCUT2D eigenvalue weighted by Gasteiger charge is 2.51. The van der Waals surface area contributed by atoms with Crippen LogP contribution in [0.3, 0.4) is 0 Å². The Morgan fingerprint density at radius 2 is 1.74 bits per heavy atom. The SMILES string of the molecule is C[C@H](OC(=O)CC12CC3CC(CC(C3)C1)C2)C(=O)N1CCc2ccccc21. The van der Waals surface area contributed by atoms with Gasteiger partial charge in [0.05, 0.1) is 6.42 Å². The number of ether oxygens (including phenoxy) is 1. The van der Waals surface area contributed by atoms with E-state index in [1.807, 2.05) is 18.2 Å². The molecule has 27 heavy (non-hydrogen) atoms. The van der Waals surface area contributed by atoms with E-state index in [1.165, 1.54) is 44.1 Å². The molecule has 4 bridgehead atoms. The number of hydrogen-bond donors (Lipinski definition) is 0. The fourth-order valence-corrected chi connectivity index (χ4v) is 6.89. The van der Waals surface area contributed by atoms with E-state index in [4.69, 9.17) is 4.74 Å². The largest absolute Gasteiger partial charge is 0.453 e. The standard InChI is InChI=1S/C23H29NO3/c1-15(22(26)24-7-6-19-4-2-3-5-20(19)24)27-21(25)14-23-11-16-8-17(12-23)10-18(9-16)13-23/h2-5,15-18H,6-14H2,1H3/t15-,16?,17?,18?,23?/m0/s1. The van der Waals surface area contributed by atoms with Crippen molar-refractivity contribution in [2.75, 3.05) is 11.4 Å². The molecule has 4 fully saturated rings. The van der Waals surface area contributed by atoms with Crippen molar-refractivity contribution in [1.29, 1.82) is 0 Å². The molecule has 0 spiro atoms. The summed E-state index contributed by atoms with van der Waals surface area (Å²) in [6, 6.07) is 7.99. The monoisotopic (exact) mass is 367 g/mol. The second-order valence-corrected chi connectivity index (χ2v) is 9.60. The van der Waals surface area contributed by atoms with Crippen LogP contribution >= 0.6 is 0 Å². The number of fused-ring (bicyclic) bond motifs is 1. The van der Waals surface area contributed by atoms with E-state index in [1.54, 1.807) is 11.8 Å². The summed E-state index contributed by atoms with van der Waals surface area (Å²) in [5.74, 6) is 2.20. The van der Waals surface area contributed by atoms with Gasteiger partial charge in [0, 0.05) is 12.2 Å². The molecular weight excluding hydrogens is 338 g/mol. The van der Waals surface area contributed by atoms with Gasteiger partial charge in [-0.25, -0.2) is 0 Å². The van der Waals surface area contributed by atoms with E-state index in [9.17, 15) is 9.59 Å². The summed E-state index contributed by atoms with van der Waals surface area (Å²) in [5.41, 5.74) is 2.32. The van der Waals surface area contributed by atoms with Gasteiger partial charge in [-0.15, -0.1) is 0 Å². The highest BCUT2D eigenvalue weighted by molar-refractivity contribution is 5.99. The second kappa shape index (κ2) is 6.35. The third kappa shape index (κ3) is 3.07. The Labute approximate surface area is 161 Å². The van der Waals surface area contributed by atoms with E-state index in [-0.39, 0.29) is 17.3 Å². The van der Waals surface area contributed by atoms with Gasteiger partial charge in [0.1, 0.15) is 0 Å². The molecule has 1 aliphatic heterocycles. The lowest BCUT2D eigenvalue weighted by atomic mass is 9.49. The number of rotatable bonds is 4. The van der Waals surface area contributed by atoms with Crippen LogP contribution in [0.2, 0.25) is 0 Å². The molecule has 0 unspecified atom stereocenters. The summed E-state index contributed by atoms with van der Waals surface area (Å²) >= 11 is 0.